The van der Waals surface area contributed by atoms with Crippen LogP contribution in [0.4, 0.5) is 0 Å². The molecular formula is C17H25NO5. The predicted octanol–water partition coefficient (Wildman–Crippen LogP) is 1.47. The van der Waals surface area contributed by atoms with E-state index in [2.05, 4.69) is 0 Å². The molecule has 0 radical (unpaired) electrons. The Kier molecular flexibility index (Phi) is 6.53. The smallest absolute Gasteiger partial charge is 0.243 e. The van der Waals surface area contributed by atoms with Crippen LogP contribution in [0.25, 0.3) is 0 Å². The molecule has 23 heavy (non-hydrogen) atoms. The highest BCUT2D eigenvalue weighted by molar-refractivity contribution is 5.74. The predicted molar refractivity (Wildman–Crippen MR) is 84.5 cm³/mol. The zero-order valence-corrected chi connectivity index (χ0v) is 13.7. The van der Waals surface area contributed by atoms with Gasteiger partial charge in [-0.1, -0.05) is 30.3 Å². The Balaban J connectivity index is 1.83. The molecule has 1 amide bonds. The Bertz CT molecular complexity index is 491. The molecular weight excluding hydrogens is 298 g/mol. The monoisotopic (exact) mass is 323 g/mol. The zero-order valence-electron chi connectivity index (χ0n) is 13.7. The summed E-state index contributed by atoms with van der Waals surface area (Å²) in [6.45, 7) is 5.44. The lowest BCUT2D eigenvalue weighted by molar-refractivity contribution is -0.304. The van der Waals surface area contributed by atoms with Gasteiger partial charge >= 0.3 is 0 Å². The second-order valence-corrected chi connectivity index (χ2v) is 6.11. The van der Waals surface area contributed by atoms with E-state index < -0.39 is 11.7 Å². The van der Waals surface area contributed by atoms with E-state index in [-0.39, 0.29) is 18.6 Å². The van der Waals surface area contributed by atoms with Gasteiger partial charge in [0.15, 0.2) is 5.79 Å². The summed E-state index contributed by atoms with van der Waals surface area (Å²) in [4.78, 5) is 10.8. The summed E-state index contributed by atoms with van der Waals surface area (Å²) in [5.74, 6) is -1.14. The highest BCUT2D eigenvalue weighted by Crippen LogP contribution is 2.27. The van der Waals surface area contributed by atoms with Crippen molar-refractivity contribution in [2.75, 3.05) is 26.4 Å². The van der Waals surface area contributed by atoms with E-state index >= 15 is 0 Å². The van der Waals surface area contributed by atoms with Gasteiger partial charge in [-0.05, 0) is 19.4 Å². The molecule has 6 heteroatoms. The van der Waals surface area contributed by atoms with Crippen LogP contribution in [0.5, 0.6) is 0 Å². The van der Waals surface area contributed by atoms with Gasteiger partial charge in [-0.15, -0.1) is 0 Å². The Morgan fingerprint density at radius 1 is 1.26 bits per heavy atom. The quantitative estimate of drug-likeness (QED) is 0.784. The minimum Gasteiger partial charge on any atom is -0.374 e. The number of hydrogen-bond donors (Lipinski definition) is 1. The number of primary amides is 1. The number of ether oxygens (including phenoxy) is 4. The van der Waals surface area contributed by atoms with E-state index in [1.165, 1.54) is 0 Å². The fourth-order valence-electron chi connectivity index (χ4n) is 2.41. The molecule has 2 N–H and O–H groups in total. The second kappa shape index (κ2) is 8.40. The van der Waals surface area contributed by atoms with Crippen molar-refractivity contribution in [1.82, 2.24) is 0 Å². The summed E-state index contributed by atoms with van der Waals surface area (Å²) < 4.78 is 22.7. The maximum atomic E-state index is 10.8. The molecule has 1 heterocycles. The summed E-state index contributed by atoms with van der Waals surface area (Å²) in [5, 5.41) is 0. The topological polar surface area (TPSA) is 80.0 Å². The van der Waals surface area contributed by atoms with Gasteiger partial charge in [0.2, 0.25) is 5.91 Å². The Hall–Kier alpha value is -1.47. The minimum absolute atomic E-state index is 0.00171. The van der Waals surface area contributed by atoms with Crippen molar-refractivity contribution >= 4 is 5.91 Å². The molecule has 1 aromatic carbocycles. The lowest BCUT2D eigenvalue weighted by atomic mass is 10.0. The maximum Gasteiger partial charge on any atom is 0.243 e. The summed E-state index contributed by atoms with van der Waals surface area (Å²) in [5.41, 5.74) is 6.19. The third-order valence-electron chi connectivity index (χ3n) is 3.58. The second-order valence-electron chi connectivity index (χ2n) is 6.11. The number of amides is 1. The Morgan fingerprint density at radius 2 is 2.00 bits per heavy atom. The minimum atomic E-state index is -0.652. The summed E-state index contributed by atoms with van der Waals surface area (Å²) in [6.07, 6.45) is -0.157. The van der Waals surface area contributed by atoms with E-state index in [0.717, 1.165) is 5.56 Å². The molecule has 1 aliphatic heterocycles. The third kappa shape index (κ3) is 6.27. The molecule has 2 atom stereocenters. The average Bonchev–Trinajstić information content (AvgIpc) is 2.50. The first-order chi connectivity index (χ1) is 11.0. The summed E-state index contributed by atoms with van der Waals surface area (Å²) >= 11 is 0. The van der Waals surface area contributed by atoms with Crippen LogP contribution in [-0.2, 0) is 30.3 Å². The molecule has 1 aromatic rings. The lowest BCUT2D eigenvalue weighted by Crippen LogP contribution is -2.49. The van der Waals surface area contributed by atoms with E-state index in [4.69, 9.17) is 24.7 Å². The lowest BCUT2D eigenvalue weighted by Gasteiger charge is -2.40. The largest absolute Gasteiger partial charge is 0.374 e. The number of benzene rings is 1. The zero-order chi connectivity index (χ0) is 16.7. The molecule has 0 spiro atoms. The standard InChI is InChI=1S/C17H25NO5/c1-17(2)22-10-14(9-21-12-16(18)19)15(23-17)11-20-8-13-6-4-3-5-7-13/h3-7,14-15H,8-12H2,1-2H3,(H2,18,19). The molecule has 2 rings (SSSR count). The Labute approximate surface area is 136 Å². The molecule has 1 fully saturated rings. The van der Waals surface area contributed by atoms with Crippen LogP contribution >= 0.6 is 0 Å². The summed E-state index contributed by atoms with van der Waals surface area (Å²) in [7, 11) is 0. The van der Waals surface area contributed by atoms with Crippen molar-refractivity contribution in [2.24, 2.45) is 11.7 Å². The molecule has 2 unspecified atom stereocenters. The van der Waals surface area contributed by atoms with Crippen LogP contribution in [0.2, 0.25) is 0 Å². The van der Waals surface area contributed by atoms with E-state index in [1.807, 2.05) is 44.2 Å². The van der Waals surface area contributed by atoms with Gasteiger partial charge in [-0.3, -0.25) is 4.79 Å². The first-order valence-electron chi connectivity index (χ1n) is 7.76. The van der Waals surface area contributed by atoms with Gasteiger partial charge < -0.3 is 24.7 Å². The highest BCUT2D eigenvalue weighted by Gasteiger charge is 2.36. The van der Waals surface area contributed by atoms with Crippen LogP contribution in [0.1, 0.15) is 19.4 Å². The third-order valence-corrected chi connectivity index (χ3v) is 3.58. The average molecular weight is 323 g/mol. The van der Waals surface area contributed by atoms with Crippen molar-refractivity contribution < 1.29 is 23.7 Å². The number of carbonyl (C=O) groups excluding carboxylic acids is 1. The van der Waals surface area contributed by atoms with E-state index in [9.17, 15) is 4.79 Å². The molecule has 128 valence electrons. The van der Waals surface area contributed by atoms with Gasteiger partial charge in [0.1, 0.15) is 6.61 Å². The Morgan fingerprint density at radius 3 is 2.70 bits per heavy atom. The SMILES string of the molecule is CC1(C)OCC(COCC(N)=O)C(COCc2ccccc2)O1. The molecule has 0 saturated carbocycles. The number of rotatable bonds is 8. The van der Waals surface area contributed by atoms with Gasteiger partial charge in [-0.25, -0.2) is 0 Å². The number of carbonyl (C=O) groups is 1. The van der Waals surface area contributed by atoms with Crippen molar-refractivity contribution in [3.63, 3.8) is 0 Å². The van der Waals surface area contributed by atoms with Crippen molar-refractivity contribution in [3.05, 3.63) is 35.9 Å². The van der Waals surface area contributed by atoms with Crippen LogP contribution in [0.15, 0.2) is 30.3 Å². The molecule has 0 aliphatic carbocycles. The normalized spacial score (nSPS) is 23.6. The van der Waals surface area contributed by atoms with Crippen LogP contribution in [0, 0.1) is 5.92 Å². The van der Waals surface area contributed by atoms with Gasteiger partial charge in [0.25, 0.3) is 0 Å². The number of hydrogen-bond acceptors (Lipinski definition) is 5. The van der Waals surface area contributed by atoms with Crippen LogP contribution in [-0.4, -0.2) is 44.2 Å². The molecule has 1 saturated heterocycles. The van der Waals surface area contributed by atoms with Crippen LogP contribution in [0.3, 0.4) is 0 Å². The molecule has 0 bridgehead atoms. The fraction of sp³-hybridized carbons (Fsp3) is 0.588. The van der Waals surface area contributed by atoms with Crippen molar-refractivity contribution in [3.8, 4) is 0 Å². The number of nitrogens with two attached hydrogens (primary N) is 1. The van der Waals surface area contributed by atoms with Crippen LogP contribution < -0.4 is 5.73 Å². The first-order valence-corrected chi connectivity index (χ1v) is 7.76. The first kappa shape index (κ1) is 17.9. The molecule has 1 aliphatic rings. The fourth-order valence-corrected chi connectivity index (χ4v) is 2.41. The highest BCUT2D eigenvalue weighted by atomic mass is 16.7. The van der Waals surface area contributed by atoms with Gasteiger partial charge in [0, 0.05) is 5.92 Å². The molecule has 6 nitrogen and oxygen atoms in total. The van der Waals surface area contributed by atoms with E-state index in [0.29, 0.717) is 26.4 Å². The van der Waals surface area contributed by atoms with Gasteiger partial charge in [-0.2, -0.15) is 0 Å². The maximum absolute atomic E-state index is 10.8. The summed E-state index contributed by atoms with van der Waals surface area (Å²) in [6, 6.07) is 9.96. The van der Waals surface area contributed by atoms with Crippen molar-refractivity contribution in [2.45, 2.75) is 32.3 Å². The molecule has 0 aromatic heterocycles. The van der Waals surface area contributed by atoms with E-state index in [1.54, 1.807) is 0 Å². The van der Waals surface area contributed by atoms with Crippen molar-refractivity contribution in [1.29, 1.82) is 0 Å². The van der Waals surface area contributed by atoms with Gasteiger partial charge in [0.05, 0.1) is 32.5 Å².